The molecule has 0 amide bonds. The molecule has 2 N–H and O–H groups in total. The summed E-state index contributed by atoms with van der Waals surface area (Å²) >= 11 is 0. The van der Waals surface area contributed by atoms with E-state index in [4.69, 9.17) is 9.84 Å². The second-order valence-electron chi connectivity index (χ2n) is 4.25. The summed E-state index contributed by atoms with van der Waals surface area (Å²) in [5.41, 5.74) is 2.21. The molecule has 1 heterocycles. The quantitative estimate of drug-likeness (QED) is 0.808. The third-order valence-corrected chi connectivity index (χ3v) is 2.99. The Morgan fingerprint density at radius 3 is 2.75 bits per heavy atom. The molecule has 0 bridgehead atoms. The third kappa shape index (κ3) is 3.30. The van der Waals surface area contributed by atoms with Gasteiger partial charge in [0.15, 0.2) is 0 Å². The number of ether oxygens (including phenoxy) is 1. The van der Waals surface area contributed by atoms with Crippen LogP contribution in [0.2, 0.25) is 0 Å². The molecular weight excluding hydrogens is 202 g/mol. The first-order chi connectivity index (χ1) is 7.88. The highest BCUT2D eigenvalue weighted by Crippen LogP contribution is 2.09. The monoisotopic (exact) mass is 221 g/mol. The molecule has 0 spiro atoms. The Hall–Kier alpha value is -0.900. The lowest BCUT2D eigenvalue weighted by Gasteiger charge is -2.23. The first-order valence-electron chi connectivity index (χ1n) is 5.88. The van der Waals surface area contributed by atoms with Crippen LogP contribution in [-0.4, -0.2) is 24.4 Å². The molecule has 0 radical (unpaired) electrons. The maximum atomic E-state index is 9.04. The SMILES string of the molecule is OCc1cccc(CNC2CCOCC2)c1. The van der Waals surface area contributed by atoms with E-state index in [1.807, 2.05) is 18.2 Å². The van der Waals surface area contributed by atoms with Crippen LogP contribution in [0.5, 0.6) is 0 Å². The second kappa shape index (κ2) is 5.99. The molecule has 3 heteroatoms. The van der Waals surface area contributed by atoms with Gasteiger partial charge in [0.2, 0.25) is 0 Å². The van der Waals surface area contributed by atoms with Gasteiger partial charge in [-0.3, -0.25) is 0 Å². The van der Waals surface area contributed by atoms with Gasteiger partial charge in [0.25, 0.3) is 0 Å². The van der Waals surface area contributed by atoms with E-state index in [-0.39, 0.29) is 6.61 Å². The van der Waals surface area contributed by atoms with Crippen molar-refractivity contribution in [1.82, 2.24) is 5.32 Å². The molecule has 0 atom stereocenters. The van der Waals surface area contributed by atoms with Crippen molar-refractivity contribution in [2.75, 3.05) is 13.2 Å². The molecule has 1 aliphatic heterocycles. The summed E-state index contributed by atoms with van der Waals surface area (Å²) in [7, 11) is 0. The van der Waals surface area contributed by atoms with Crippen molar-refractivity contribution in [1.29, 1.82) is 0 Å². The van der Waals surface area contributed by atoms with Crippen LogP contribution in [0.4, 0.5) is 0 Å². The van der Waals surface area contributed by atoms with Gasteiger partial charge in [0.1, 0.15) is 0 Å². The van der Waals surface area contributed by atoms with E-state index >= 15 is 0 Å². The zero-order chi connectivity index (χ0) is 11.2. The Labute approximate surface area is 96.4 Å². The van der Waals surface area contributed by atoms with E-state index in [1.165, 1.54) is 5.56 Å². The van der Waals surface area contributed by atoms with Crippen molar-refractivity contribution in [2.45, 2.75) is 32.0 Å². The molecule has 3 nitrogen and oxygen atoms in total. The molecule has 1 aliphatic rings. The maximum Gasteiger partial charge on any atom is 0.0681 e. The molecule has 2 rings (SSSR count). The van der Waals surface area contributed by atoms with Crippen LogP contribution in [0.3, 0.4) is 0 Å². The summed E-state index contributed by atoms with van der Waals surface area (Å²) in [6, 6.07) is 8.65. The minimum atomic E-state index is 0.116. The molecule has 1 fully saturated rings. The number of hydrogen-bond acceptors (Lipinski definition) is 3. The Bertz CT molecular complexity index is 321. The molecule has 0 aliphatic carbocycles. The Balaban J connectivity index is 1.83. The summed E-state index contributed by atoms with van der Waals surface area (Å²) in [6.07, 6.45) is 2.19. The van der Waals surface area contributed by atoms with Gasteiger partial charge in [0, 0.05) is 25.8 Å². The fraction of sp³-hybridized carbons (Fsp3) is 0.538. The van der Waals surface area contributed by atoms with Crippen LogP contribution in [0, 0.1) is 0 Å². The zero-order valence-corrected chi connectivity index (χ0v) is 9.48. The highest BCUT2D eigenvalue weighted by molar-refractivity contribution is 5.22. The van der Waals surface area contributed by atoms with Crippen LogP contribution >= 0.6 is 0 Å². The second-order valence-corrected chi connectivity index (χ2v) is 4.25. The summed E-state index contributed by atoms with van der Waals surface area (Å²) < 4.78 is 5.32. The largest absolute Gasteiger partial charge is 0.392 e. The topological polar surface area (TPSA) is 41.5 Å². The van der Waals surface area contributed by atoms with E-state index in [0.29, 0.717) is 6.04 Å². The van der Waals surface area contributed by atoms with Gasteiger partial charge in [0.05, 0.1) is 6.61 Å². The molecule has 0 aromatic heterocycles. The Kier molecular flexibility index (Phi) is 4.34. The number of aliphatic hydroxyl groups excluding tert-OH is 1. The average Bonchev–Trinajstić information content (AvgIpc) is 2.38. The minimum absolute atomic E-state index is 0.116. The van der Waals surface area contributed by atoms with Crippen LogP contribution in [-0.2, 0) is 17.9 Å². The van der Waals surface area contributed by atoms with Crippen molar-refractivity contribution >= 4 is 0 Å². The smallest absolute Gasteiger partial charge is 0.0681 e. The lowest BCUT2D eigenvalue weighted by molar-refractivity contribution is 0.0776. The lowest BCUT2D eigenvalue weighted by atomic mass is 10.1. The third-order valence-electron chi connectivity index (χ3n) is 2.99. The van der Waals surface area contributed by atoms with E-state index in [1.54, 1.807) is 0 Å². The summed E-state index contributed by atoms with van der Waals surface area (Å²) in [4.78, 5) is 0. The molecule has 1 aromatic carbocycles. The predicted octanol–water partition coefficient (Wildman–Crippen LogP) is 1.45. The normalized spacial score (nSPS) is 17.6. The molecule has 16 heavy (non-hydrogen) atoms. The van der Waals surface area contributed by atoms with Gasteiger partial charge in [-0.25, -0.2) is 0 Å². The fourth-order valence-corrected chi connectivity index (χ4v) is 2.00. The molecular formula is C13H19NO2. The van der Waals surface area contributed by atoms with Crippen molar-refractivity contribution in [3.63, 3.8) is 0 Å². The Morgan fingerprint density at radius 1 is 1.25 bits per heavy atom. The average molecular weight is 221 g/mol. The summed E-state index contributed by atoms with van der Waals surface area (Å²) in [6.45, 7) is 2.73. The van der Waals surface area contributed by atoms with Crippen LogP contribution in [0.25, 0.3) is 0 Å². The minimum Gasteiger partial charge on any atom is -0.392 e. The van der Waals surface area contributed by atoms with Crippen molar-refractivity contribution < 1.29 is 9.84 Å². The van der Waals surface area contributed by atoms with E-state index < -0.39 is 0 Å². The zero-order valence-electron chi connectivity index (χ0n) is 9.48. The van der Waals surface area contributed by atoms with Crippen LogP contribution in [0.1, 0.15) is 24.0 Å². The Morgan fingerprint density at radius 2 is 2.00 bits per heavy atom. The van der Waals surface area contributed by atoms with Gasteiger partial charge < -0.3 is 15.2 Å². The van der Waals surface area contributed by atoms with Crippen LogP contribution < -0.4 is 5.32 Å². The van der Waals surface area contributed by atoms with Crippen molar-refractivity contribution in [2.24, 2.45) is 0 Å². The summed E-state index contributed by atoms with van der Waals surface area (Å²) in [5, 5.41) is 12.6. The standard InChI is InChI=1S/C13H19NO2/c15-10-12-3-1-2-11(8-12)9-14-13-4-6-16-7-5-13/h1-3,8,13-15H,4-7,9-10H2. The van der Waals surface area contributed by atoms with E-state index in [2.05, 4.69) is 11.4 Å². The maximum absolute atomic E-state index is 9.04. The highest BCUT2D eigenvalue weighted by Gasteiger charge is 2.12. The van der Waals surface area contributed by atoms with Crippen molar-refractivity contribution in [3.8, 4) is 0 Å². The van der Waals surface area contributed by atoms with Gasteiger partial charge >= 0.3 is 0 Å². The lowest BCUT2D eigenvalue weighted by Crippen LogP contribution is -2.34. The molecule has 1 aromatic rings. The first kappa shape index (κ1) is 11.6. The van der Waals surface area contributed by atoms with Gasteiger partial charge in [-0.05, 0) is 24.0 Å². The predicted molar refractivity (Wildman–Crippen MR) is 63.0 cm³/mol. The summed E-state index contributed by atoms with van der Waals surface area (Å²) in [5.74, 6) is 0. The number of rotatable bonds is 4. The fourth-order valence-electron chi connectivity index (χ4n) is 2.00. The van der Waals surface area contributed by atoms with Gasteiger partial charge in [-0.1, -0.05) is 24.3 Å². The molecule has 0 saturated carbocycles. The van der Waals surface area contributed by atoms with Crippen LogP contribution in [0.15, 0.2) is 24.3 Å². The van der Waals surface area contributed by atoms with Gasteiger partial charge in [-0.2, -0.15) is 0 Å². The molecule has 0 unspecified atom stereocenters. The first-order valence-corrected chi connectivity index (χ1v) is 5.88. The molecule has 88 valence electrons. The highest BCUT2D eigenvalue weighted by atomic mass is 16.5. The van der Waals surface area contributed by atoms with Crippen molar-refractivity contribution in [3.05, 3.63) is 35.4 Å². The van der Waals surface area contributed by atoms with E-state index in [9.17, 15) is 0 Å². The van der Waals surface area contributed by atoms with Gasteiger partial charge in [-0.15, -0.1) is 0 Å². The molecule has 1 saturated heterocycles. The number of hydrogen-bond donors (Lipinski definition) is 2. The number of benzene rings is 1. The number of aliphatic hydroxyl groups is 1. The van der Waals surface area contributed by atoms with E-state index in [0.717, 1.165) is 38.2 Å². The number of nitrogens with one attached hydrogen (secondary N) is 1.